The molecule has 9 heteroatoms. The van der Waals surface area contributed by atoms with E-state index >= 15 is 0 Å². The molecule has 0 fully saturated rings. The lowest BCUT2D eigenvalue weighted by molar-refractivity contribution is -0.119. The summed E-state index contributed by atoms with van der Waals surface area (Å²) in [5.74, 6) is -1.58. The van der Waals surface area contributed by atoms with Crippen molar-refractivity contribution in [3.63, 3.8) is 0 Å². The number of hydrogen-bond donors (Lipinski definition) is 1. The zero-order chi connectivity index (χ0) is 22.7. The van der Waals surface area contributed by atoms with Crippen LogP contribution in [-0.2, 0) is 9.53 Å². The molecule has 1 N–H and O–H groups in total. The number of alkyl halides is 2. The normalized spacial score (nSPS) is 11.0. The van der Waals surface area contributed by atoms with Crippen LogP contribution in [0, 0.1) is 0 Å². The van der Waals surface area contributed by atoms with Crippen LogP contribution in [0.1, 0.15) is 10.4 Å². The number of carbonyl (C=O) groups excluding carboxylic acids is 2. The SMILES string of the molecule is COc1cc2c(cc1NC(=O)COC(=O)c1ccccc1OC(F)F)oc1ccccc12. The molecular weight excluding hydrogens is 424 g/mol. The van der Waals surface area contributed by atoms with E-state index < -0.39 is 25.1 Å². The molecule has 0 aliphatic rings. The van der Waals surface area contributed by atoms with Gasteiger partial charge in [0.2, 0.25) is 0 Å². The lowest BCUT2D eigenvalue weighted by Crippen LogP contribution is -2.21. The number of rotatable bonds is 7. The Morgan fingerprint density at radius 2 is 1.72 bits per heavy atom. The van der Waals surface area contributed by atoms with Crippen LogP contribution in [0.5, 0.6) is 11.5 Å². The molecule has 0 unspecified atom stereocenters. The number of esters is 1. The predicted octanol–water partition coefficient (Wildman–Crippen LogP) is 4.99. The number of ether oxygens (including phenoxy) is 3. The highest BCUT2D eigenvalue weighted by molar-refractivity contribution is 6.08. The molecule has 0 radical (unpaired) electrons. The molecule has 3 aromatic carbocycles. The second kappa shape index (κ2) is 8.93. The first kappa shape index (κ1) is 21.1. The second-order valence-electron chi connectivity index (χ2n) is 6.65. The molecular formula is C23H17F2NO6. The number of carbonyl (C=O) groups is 2. The Kier molecular flexibility index (Phi) is 5.89. The maximum absolute atomic E-state index is 12.5. The Labute approximate surface area is 180 Å². The first-order chi connectivity index (χ1) is 15.5. The van der Waals surface area contributed by atoms with Gasteiger partial charge in [0.1, 0.15) is 28.2 Å². The minimum Gasteiger partial charge on any atom is -0.495 e. The van der Waals surface area contributed by atoms with Crippen LogP contribution < -0.4 is 14.8 Å². The molecule has 0 bridgehead atoms. The van der Waals surface area contributed by atoms with E-state index in [0.29, 0.717) is 22.6 Å². The van der Waals surface area contributed by atoms with Crippen LogP contribution in [0.3, 0.4) is 0 Å². The highest BCUT2D eigenvalue weighted by Crippen LogP contribution is 2.36. The number of furan rings is 1. The molecule has 1 aromatic heterocycles. The molecule has 0 aliphatic heterocycles. The number of nitrogens with one attached hydrogen (secondary N) is 1. The van der Waals surface area contributed by atoms with Gasteiger partial charge in [0.15, 0.2) is 6.61 Å². The van der Waals surface area contributed by atoms with Gasteiger partial charge in [-0.1, -0.05) is 30.3 Å². The summed E-state index contributed by atoms with van der Waals surface area (Å²) in [5, 5.41) is 4.32. The summed E-state index contributed by atoms with van der Waals surface area (Å²) in [6.45, 7) is -3.75. The molecule has 0 spiro atoms. The van der Waals surface area contributed by atoms with Crippen molar-refractivity contribution in [2.24, 2.45) is 0 Å². The summed E-state index contributed by atoms with van der Waals surface area (Å²) >= 11 is 0. The zero-order valence-electron chi connectivity index (χ0n) is 16.8. The number of anilines is 1. The quantitative estimate of drug-likeness (QED) is 0.407. The third-order valence-corrected chi connectivity index (χ3v) is 4.63. The van der Waals surface area contributed by atoms with Crippen LogP contribution >= 0.6 is 0 Å². The number of fused-ring (bicyclic) bond motifs is 3. The number of para-hydroxylation sites is 2. The third-order valence-electron chi connectivity index (χ3n) is 4.63. The van der Waals surface area contributed by atoms with Crippen LogP contribution in [0.15, 0.2) is 65.1 Å². The highest BCUT2D eigenvalue weighted by Gasteiger charge is 2.19. The topological polar surface area (TPSA) is 87.0 Å². The van der Waals surface area contributed by atoms with Crippen molar-refractivity contribution in [3.8, 4) is 11.5 Å². The molecule has 1 heterocycles. The fourth-order valence-corrected chi connectivity index (χ4v) is 3.25. The monoisotopic (exact) mass is 441 g/mol. The number of amides is 1. The molecule has 0 atom stereocenters. The van der Waals surface area contributed by atoms with Gasteiger partial charge in [-0.15, -0.1) is 0 Å². The number of halogens is 2. The van der Waals surface area contributed by atoms with Crippen LogP contribution in [-0.4, -0.2) is 32.2 Å². The number of methoxy groups -OCH3 is 1. The van der Waals surface area contributed by atoms with Crippen molar-refractivity contribution in [2.75, 3.05) is 19.0 Å². The van der Waals surface area contributed by atoms with Crippen LogP contribution in [0.25, 0.3) is 21.9 Å². The van der Waals surface area contributed by atoms with E-state index in [1.54, 1.807) is 12.1 Å². The van der Waals surface area contributed by atoms with E-state index in [-0.39, 0.29) is 11.3 Å². The van der Waals surface area contributed by atoms with E-state index in [1.807, 2.05) is 24.3 Å². The van der Waals surface area contributed by atoms with Crippen molar-refractivity contribution < 1.29 is 37.0 Å². The van der Waals surface area contributed by atoms with Gasteiger partial charge in [-0.2, -0.15) is 8.78 Å². The van der Waals surface area contributed by atoms with Gasteiger partial charge in [0.25, 0.3) is 5.91 Å². The zero-order valence-corrected chi connectivity index (χ0v) is 16.8. The fourth-order valence-electron chi connectivity index (χ4n) is 3.25. The second-order valence-corrected chi connectivity index (χ2v) is 6.65. The largest absolute Gasteiger partial charge is 0.495 e. The van der Waals surface area contributed by atoms with Crippen molar-refractivity contribution in [2.45, 2.75) is 6.61 Å². The molecule has 1 amide bonds. The van der Waals surface area contributed by atoms with Crippen molar-refractivity contribution in [3.05, 3.63) is 66.2 Å². The summed E-state index contributed by atoms with van der Waals surface area (Å²) in [6, 6.07) is 16.2. The van der Waals surface area contributed by atoms with E-state index in [0.717, 1.165) is 10.8 Å². The van der Waals surface area contributed by atoms with Gasteiger partial charge in [0, 0.05) is 16.8 Å². The Balaban J connectivity index is 1.48. The maximum atomic E-state index is 12.5. The Hall–Kier alpha value is -4.14. The minimum atomic E-state index is -3.10. The number of benzene rings is 3. The molecule has 164 valence electrons. The molecule has 0 saturated heterocycles. The van der Waals surface area contributed by atoms with Crippen LogP contribution in [0.4, 0.5) is 14.5 Å². The first-order valence-corrected chi connectivity index (χ1v) is 9.46. The highest BCUT2D eigenvalue weighted by atomic mass is 19.3. The first-order valence-electron chi connectivity index (χ1n) is 9.46. The summed E-state index contributed by atoms with van der Waals surface area (Å²) in [7, 11) is 1.46. The van der Waals surface area contributed by atoms with E-state index in [4.69, 9.17) is 13.9 Å². The standard InChI is InChI=1S/C23H17F2NO6/c1-29-20-10-15-13-6-2-4-8-17(13)31-19(15)11-16(20)26-21(27)12-30-22(28)14-7-3-5-9-18(14)32-23(24)25/h2-11,23H,12H2,1H3,(H,26,27). The average Bonchev–Trinajstić information content (AvgIpc) is 3.14. The third kappa shape index (κ3) is 4.31. The Morgan fingerprint density at radius 1 is 0.969 bits per heavy atom. The average molecular weight is 441 g/mol. The molecule has 0 saturated carbocycles. The summed E-state index contributed by atoms with van der Waals surface area (Å²) in [5.41, 5.74) is 1.33. The summed E-state index contributed by atoms with van der Waals surface area (Å²) < 4.78 is 45.5. The lowest BCUT2D eigenvalue weighted by atomic mass is 10.1. The maximum Gasteiger partial charge on any atom is 0.387 e. The molecule has 4 rings (SSSR count). The predicted molar refractivity (Wildman–Crippen MR) is 112 cm³/mol. The lowest BCUT2D eigenvalue weighted by Gasteiger charge is -2.12. The van der Waals surface area contributed by atoms with Crippen molar-refractivity contribution >= 4 is 39.5 Å². The summed E-state index contributed by atoms with van der Waals surface area (Å²) in [4.78, 5) is 24.6. The van der Waals surface area contributed by atoms with Gasteiger partial charge >= 0.3 is 12.6 Å². The van der Waals surface area contributed by atoms with Gasteiger partial charge in [-0.3, -0.25) is 4.79 Å². The van der Waals surface area contributed by atoms with Crippen LogP contribution in [0.2, 0.25) is 0 Å². The molecule has 7 nitrogen and oxygen atoms in total. The Bertz CT molecular complexity index is 1300. The number of hydrogen-bond acceptors (Lipinski definition) is 6. The Morgan fingerprint density at radius 3 is 2.50 bits per heavy atom. The van der Waals surface area contributed by atoms with E-state index in [1.165, 1.54) is 31.4 Å². The summed E-state index contributed by atoms with van der Waals surface area (Å²) in [6.07, 6.45) is 0. The van der Waals surface area contributed by atoms with Gasteiger partial charge in [-0.05, 0) is 24.3 Å². The van der Waals surface area contributed by atoms with Crippen molar-refractivity contribution in [1.82, 2.24) is 0 Å². The van der Waals surface area contributed by atoms with Gasteiger partial charge in [0.05, 0.1) is 12.8 Å². The van der Waals surface area contributed by atoms with Crippen molar-refractivity contribution in [1.29, 1.82) is 0 Å². The fraction of sp³-hybridized carbons (Fsp3) is 0.130. The molecule has 0 aliphatic carbocycles. The smallest absolute Gasteiger partial charge is 0.387 e. The van der Waals surface area contributed by atoms with Gasteiger partial charge in [-0.25, -0.2) is 4.79 Å². The minimum absolute atomic E-state index is 0.220. The van der Waals surface area contributed by atoms with E-state index in [2.05, 4.69) is 10.1 Å². The molecule has 32 heavy (non-hydrogen) atoms. The van der Waals surface area contributed by atoms with Gasteiger partial charge < -0.3 is 23.9 Å². The van der Waals surface area contributed by atoms with E-state index in [9.17, 15) is 18.4 Å². The molecule has 4 aromatic rings.